The fourth-order valence-corrected chi connectivity index (χ4v) is 0.193. The Bertz CT molecular complexity index is 183. The molecule has 2 N–H and O–H groups in total. The molecule has 0 rings (SSSR count). The Hall–Kier alpha value is 1.12. The van der Waals surface area contributed by atoms with Crippen LogP contribution < -0.4 is 59.1 Å². The fourth-order valence-electron chi connectivity index (χ4n) is 0.102. The van der Waals surface area contributed by atoms with E-state index in [1.54, 1.807) is 12.1 Å². The fraction of sp³-hybridized carbons (Fsp3) is 0. The molecule has 0 saturated carbocycles. The first-order chi connectivity index (χ1) is 3.72. The van der Waals surface area contributed by atoms with Gasteiger partial charge in [0.1, 0.15) is 0 Å². The number of nitrogens with zero attached hydrogens (tertiary/aromatic N) is 2. The molecule has 11 heavy (non-hydrogen) atoms. The largest absolute Gasteiger partial charge is 1.00 e. The summed E-state index contributed by atoms with van der Waals surface area (Å²) in [6.45, 7) is 0. The van der Waals surface area contributed by atoms with Gasteiger partial charge in [-0.1, -0.05) is 0 Å². The minimum Gasteiger partial charge on any atom is -0.770 e. The first-order valence-electron chi connectivity index (χ1n) is 1.61. The summed E-state index contributed by atoms with van der Waals surface area (Å²) >= 11 is 8.70. The molecule has 48 valence electrons. The van der Waals surface area contributed by atoms with Crippen molar-refractivity contribution in [1.82, 2.24) is 0 Å². The average molecular weight is 204 g/mol. The molecule has 0 aliphatic carbocycles. The van der Waals surface area contributed by atoms with Crippen molar-refractivity contribution in [3.63, 3.8) is 0 Å². The molecule has 0 amide bonds. The maximum Gasteiger partial charge on any atom is 1.00 e. The maximum atomic E-state index is 8.01. The van der Waals surface area contributed by atoms with E-state index in [0.29, 0.717) is 0 Å². The number of hydrogen-bond acceptors (Lipinski definition) is 4. The van der Waals surface area contributed by atoms with Crippen LogP contribution in [0.2, 0.25) is 0 Å². The number of hydrogen-bond donors (Lipinski definition) is 0. The molecule has 0 atom stereocenters. The van der Waals surface area contributed by atoms with Gasteiger partial charge >= 0.3 is 59.1 Å². The first-order valence-corrected chi connectivity index (χ1v) is 2.42. The van der Waals surface area contributed by atoms with E-state index in [2.05, 4.69) is 25.3 Å². The second kappa shape index (κ2) is 13.7. The van der Waals surface area contributed by atoms with Crippen LogP contribution in [-0.2, 0) is 25.3 Å². The van der Waals surface area contributed by atoms with Crippen molar-refractivity contribution >= 4 is 25.3 Å². The van der Waals surface area contributed by atoms with Gasteiger partial charge in [-0.2, -0.15) is 10.5 Å². The second-order valence-electron chi connectivity index (χ2n) is 0.882. The summed E-state index contributed by atoms with van der Waals surface area (Å²) < 4.78 is 0. The topological polar surface area (TPSA) is 79.1 Å². The van der Waals surface area contributed by atoms with E-state index in [4.69, 9.17) is 10.5 Å². The van der Waals surface area contributed by atoms with Crippen molar-refractivity contribution in [3.05, 3.63) is 9.81 Å². The van der Waals surface area contributed by atoms with E-state index in [9.17, 15) is 0 Å². The average Bonchev–Trinajstić information content (AvgIpc) is 1.84. The van der Waals surface area contributed by atoms with E-state index >= 15 is 0 Å². The van der Waals surface area contributed by atoms with Crippen LogP contribution in [-0.4, -0.2) is 5.48 Å². The third-order valence-corrected chi connectivity index (χ3v) is 1.13. The normalized spacial score (nSPS) is 7.82. The zero-order chi connectivity index (χ0) is 6.57. The van der Waals surface area contributed by atoms with Crippen molar-refractivity contribution in [2.24, 2.45) is 0 Å². The third-order valence-electron chi connectivity index (χ3n) is 0.409. The summed E-state index contributed by atoms with van der Waals surface area (Å²) in [6.07, 6.45) is 0. The zero-order valence-electron chi connectivity index (χ0n) is 6.21. The van der Waals surface area contributed by atoms with Crippen LogP contribution >= 0.6 is 0 Å². The predicted octanol–water partition coefficient (Wildman–Crippen LogP) is -6.48. The van der Waals surface area contributed by atoms with Gasteiger partial charge < -0.3 is 30.7 Å². The Morgan fingerprint density at radius 3 is 1.18 bits per heavy atom. The molecule has 0 heterocycles. The smallest absolute Gasteiger partial charge is 0.770 e. The first kappa shape index (κ1) is 22.7. The SMILES string of the molecule is N#CC([S-])=C([S-])C#N.O.[Na+].[Na+]. The summed E-state index contributed by atoms with van der Waals surface area (Å²) in [7, 11) is 0. The van der Waals surface area contributed by atoms with Crippen LogP contribution in [0.1, 0.15) is 0 Å². The summed E-state index contributed by atoms with van der Waals surface area (Å²) in [5, 5.41) is 16.0. The predicted molar refractivity (Wildman–Crippen MR) is 36.6 cm³/mol. The van der Waals surface area contributed by atoms with E-state index < -0.39 is 0 Å². The van der Waals surface area contributed by atoms with Gasteiger partial charge in [0.15, 0.2) is 0 Å². The van der Waals surface area contributed by atoms with Gasteiger partial charge in [-0.25, -0.2) is 0 Å². The molecular weight excluding hydrogens is 202 g/mol. The molecule has 0 aliphatic rings. The minimum absolute atomic E-state index is 0. The third kappa shape index (κ3) is 11.1. The molecule has 0 radical (unpaired) electrons. The molecule has 7 heteroatoms. The van der Waals surface area contributed by atoms with Crippen molar-refractivity contribution < 1.29 is 64.6 Å². The van der Waals surface area contributed by atoms with Crippen LogP contribution in [0.15, 0.2) is 9.81 Å². The Labute approximate surface area is 121 Å². The van der Waals surface area contributed by atoms with E-state index in [1.165, 1.54) is 0 Å². The monoisotopic (exact) mass is 204 g/mol. The van der Waals surface area contributed by atoms with Gasteiger partial charge in [0, 0.05) is 0 Å². The Morgan fingerprint density at radius 1 is 0.909 bits per heavy atom. The Balaban J connectivity index is -0.0000000817. The zero-order valence-corrected chi connectivity index (χ0v) is 11.8. The molecular formula is C4H2N2Na2OS2. The summed E-state index contributed by atoms with van der Waals surface area (Å²) in [4.78, 5) is -0.218. The van der Waals surface area contributed by atoms with Crippen molar-refractivity contribution in [1.29, 1.82) is 10.5 Å². The van der Waals surface area contributed by atoms with Gasteiger partial charge in [0.2, 0.25) is 0 Å². The Morgan fingerprint density at radius 2 is 1.09 bits per heavy atom. The maximum absolute atomic E-state index is 8.01. The summed E-state index contributed by atoms with van der Waals surface area (Å²) in [5.41, 5.74) is 0. The van der Waals surface area contributed by atoms with Crippen LogP contribution in [0.5, 0.6) is 0 Å². The van der Waals surface area contributed by atoms with E-state index in [0.717, 1.165) is 0 Å². The van der Waals surface area contributed by atoms with Crippen LogP contribution in [0.4, 0.5) is 0 Å². The molecule has 0 aromatic heterocycles. The molecule has 0 aromatic rings. The molecule has 0 aromatic carbocycles. The van der Waals surface area contributed by atoms with Crippen molar-refractivity contribution in [3.8, 4) is 12.1 Å². The molecule has 0 bridgehead atoms. The van der Waals surface area contributed by atoms with Gasteiger partial charge in [0.05, 0.1) is 12.1 Å². The van der Waals surface area contributed by atoms with E-state index in [1.807, 2.05) is 0 Å². The molecule has 0 fully saturated rings. The van der Waals surface area contributed by atoms with E-state index in [-0.39, 0.29) is 74.4 Å². The van der Waals surface area contributed by atoms with Gasteiger partial charge in [0.25, 0.3) is 0 Å². The quantitative estimate of drug-likeness (QED) is 0.223. The molecule has 0 saturated heterocycles. The van der Waals surface area contributed by atoms with Gasteiger partial charge in [-0.05, 0) is 0 Å². The Kier molecular flexibility index (Phi) is 28.3. The van der Waals surface area contributed by atoms with Crippen LogP contribution in [0.25, 0.3) is 0 Å². The van der Waals surface area contributed by atoms with Gasteiger partial charge in [-0.15, -0.1) is 9.81 Å². The molecule has 0 aliphatic heterocycles. The molecule has 0 spiro atoms. The minimum atomic E-state index is -0.109. The standard InChI is InChI=1S/C4H2N2S2.2Na.H2O/c5-1-3(7)4(8)2-6;;;/h7-8H;;;1H2/q;2*+1;/p-2. The summed E-state index contributed by atoms with van der Waals surface area (Å²) in [5.74, 6) is 0. The van der Waals surface area contributed by atoms with Crippen LogP contribution in [0.3, 0.4) is 0 Å². The van der Waals surface area contributed by atoms with Crippen LogP contribution in [0, 0.1) is 22.7 Å². The van der Waals surface area contributed by atoms with Gasteiger partial charge in [-0.3, -0.25) is 0 Å². The van der Waals surface area contributed by atoms with Crippen molar-refractivity contribution in [2.45, 2.75) is 0 Å². The van der Waals surface area contributed by atoms with Crippen molar-refractivity contribution in [2.75, 3.05) is 0 Å². The summed E-state index contributed by atoms with van der Waals surface area (Å²) in [6, 6.07) is 3.17. The number of allylic oxidation sites excluding steroid dienone is 2. The molecule has 3 nitrogen and oxygen atoms in total. The second-order valence-corrected chi connectivity index (χ2v) is 1.70. The molecule has 0 unspecified atom stereocenters. The number of rotatable bonds is 0. The number of nitriles is 2.